The second-order valence-corrected chi connectivity index (χ2v) is 8.69. The molecule has 0 radical (unpaired) electrons. The normalized spacial score (nSPS) is 11.8. The molecule has 0 saturated heterocycles. The Morgan fingerprint density at radius 1 is 1.20 bits per heavy atom. The second-order valence-electron chi connectivity index (χ2n) is 6.38. The molecule has 0 aliphatic heterocycles. The van der Waals surface area contributed by atoms with Crippen molar-refractivity contribution in [2.75, 3.05) is 29.5 Å². The summed E-state index contributed by atoms with van der Waals surface area (Å²) in [6.07, 6.45) is -3.56. The molecular formula is C19H20ClF3N2O4S. The van der Waals surface area contributed by atoms with Crippen LogP contribution in [0.2, 0.25) is 5.02 Å². The number of hydrogen-bond acceptors (Lipinski definition) is 4. The molecule has 0 aliphatic carbocycles. The molecule has 0 heterocycles. The Morgan fingerprint density at radius 3 is 2.50 bits per heavy atom. The lowest BCUT2D eigenvalue weighted by atomic mass is 10.2. The van der Waals surface area contributed by atoms with E-state index in [0.29, 0.717) is 11.4 Å². The molecule has 1 N–H and O–H groups in total. The number of nitrogens with one attached hydrogen (secondary N) is 1. The van der Waals surface area contributed by atoms with Crippen LogP contribution in [0.15, 0.2) is 42.5 Å². The second kappa shape index (κ2) is 9.57. The van der Waals surface area contributed by atoms with Crippen molar-refractivity contribution in [3.8, 4) is 5.75 Å². The molecule has 0 saturated carbocycles. The predicted molar refractivity (Wildman–Crippen MR) is 110 cm³/mol. The van der Waals surface area contributed by atoms with Gasteiger partial charge in [0.2, 0.25) is 15.9 Å². The van der Waals surface area contributed by atoms with Gasteiger partial charge in [0.05, 0.1) is 29.6 Å². The van der Waals surface area contributed by atoms with Gasteiger partial charge < -0.3 is 10.1 Å². The molecule has 2 aromatic rings. The Hall–Kier alpha value is -2.46. The van der Waals surface area contributed by atoms with E-state index in [9.17, 15) is 26.4 Å². The maximum absolute atomic E-state index is 12.9. The molecule has 0 fully saturated rings. The van der Waals surface area contributed by atoms with Crippen molar-refractivity contribution in [1.29, 1.82) is 0 Å². The average Bonchev–Trinajstić information content (AvgIpc) is 2.65. The average molecular weight is 465 g/mol. The summed E-state index contributed by atoms with van der Waals surface area (Å²) < 4.78 is 69.2. The summed E-state index contributed by atoms with van der Waals surface area (Å²) in [5.74, 6) is -0.0772. The Kier molecular flexibility index (Phi) is 7.59. The maximum Gasteiger partial charge on any atom is 0.417 e. The topological polar surface area (TPSA) is 75.7 Å². The number of ether oxygens (including phenoxy) is 1. The number of sulfonamides is 1. The summed E-state index contributed by atoms with van der Waals surface area (Å²) in [5.41, 5.74) is -0.725. The van der Waals surface area contributed by atoms with Crippen molar-refractivity contribution < 1.29 is 31.1 Å². The first-order valence-corrected chi connectivity index (χ1v) is 10.9. The number of amides is 1. The molecule has 2 rings (SSSR count). The van der Waals surface area contributed by atoms with Gasteiger partial charge in [0.1, 0.15) is 5.75 Å². The predicted octanol–water partition coefficient (Wildman–Crippen LogP) is 4.55. The zero-order valence-corrected chi connectivity index (χ0v) is 17.7. The molecule has 0 bridgehead atoms. The van der Waals surface area contributed by atoms with Crippen LogP contribution in [0.3, 0.4) is 0 Å². The maximum atomic E-state index is 12.9. The first kappa shape index (κ1) is 23.8. The van der Waals surface area contributed by atoms with E-state index in [1.165, 1.54) is 13.2 Å². The van der Waals surface area contributed by atoms with Gasteiger partial charge in [-0.05, 0) is 36.8 Å². The first-order valence-electron chi connectivity index (χ1n) is 8.70. The van der Waals surface area contributed by atoms with Crippen LogP contribution in [0.25, 0.3) is 0 Å². The Labute approximate surface area is 177 Å². The summed E-state index contributed by atoms with van der Waals surface area (Å²) in [4.78, 5) is 12.1. The fourth-order valence-electron chi connectivity index (χ4n) is 2.68. The Balaban J connectivity index is 2.03. The lowest BCUT2D eigenvalue weighted by molar-refractivity contribution is -0.137. The zero-order valence-electron chi connectivity index (χ0n) is 16.2. The molecule has 0 spiro atoms. The molecule has 6 nitrogen and oxygen atoms in total. The number of halogens is 4. The summed E-state index contributed by atoms with van der Waals surface area (Å²) >= 11 is 5.55. The van der Waals surface area contributed by atoms with E-state index in [1.807, 2.05) is 0 Å². The highest BCUT2D eigenvalue weighted by Crippen LogP contribution is 2.36. The number of rotatable bonds is 8. The van der Waals surface area contributed by atoms with Crippen molar-refractivity contribution in [3.05, 3.63) is 53.1 Å². The van der Waals surface area contributed by atoms with Crippen LogP contribution in [-0.4, -0.2) is 34.2 Å². The number of alkyl halides is 3. The monoisotopic (exact) mass is 464 g/mol. The molecule has 2 aromatic carbocycles. The van der Waals surface area contributed by atoms with Crippen molar-refractivity contribution in [1.82, 2.24) is 0 Å². The third-order valence-corrected chi connectivity index (χ3v) is 5.59. The van der Waals surface area contributed by atoms with Gasteiger partial charge in [-0.15, -0.1) is 0 Å². The summed E-state index contributed by atoms with van der Waals surface area (Å²) in [5, 5.41) is 1.90. The van der Waals surface area contributed by atoms with Gasteiger partial charge in [-0.3, -0.25) is 9.10 Å². The third-order valence-electron chi connectivity index (χ3n) is 4.06. The van der Waals surface area contributed by atoms with Crippen LogP contribution in [0, 0.1) is 0 Å². The van der Waals surface area contributed by atoms with Crippen molar-refractivity contribution in [2.45, 2.75) is 19.0 Å². The SMILES string of the molecule is COc1cccc(N(CCCC(=O)Nc2ccc(Cl)c(C(F)(F)F)c2)S(C)(=O)=O)c1. The van der Waals surface area contributed by atoms with Gasteiger partial charge in [0.25, 0.3) is 0 Å². The highest BCUT2D eigenvalue weighted by atomic mass is 35.5. The van der Waals surface area contributed by atoms with Crippen LogP contribution < -0.4 is 14.4 Å². The van der Waals surface area contributed by atoms with Crippen molar-refractivity contribution in [3.63, 3.8) is 0 Å². The lowest BCUT2D eigenvalue weighted by Crippen LogP contribution is -2.31. The number of nitrogens with zero attached hydrogens (tertiary/aromatic N) is 1. The van der Waals surface area contributed by atoms with Gasteiger partial charge in [-0.25, -0.2) is 8.42 Å². The number of carbonyl (C=O) groups is 1. The minimum Gasteiger partial charge on any atom is -0.497 e. The van der Waals surface area contributed by atoms with Crippen LogP contribution in [0.1, 0.15) is 18.4 Å². The third kappa shape index (κ3) is 6.53. The number of anilines is 2. The molecule has 1 amide bonds. The molecule has 0 aromatic heterocycles. The number of methoxy groups -OCH3 is 1. The number of hydrogen-bond donors (Lipinski definition) is 1. The summed E-state index contributed by atoms with van der Waals surface area (Å²) in [6, 6.07) is 9.50. The molecule has 0 atom stereocenters. The van der Waals surface area contributed by atoms with E-state index in [4.69, 9.17) is 16.3 Å². The van der Waals surface area contributed by atoms with E-state index < -0.39 is 32.7 Å². The van der Waals surface area contributed by atoms with Crippen molar-refractivity contribution in [2.24, 2.45) is 0 Å². The summed E-state index contributed by atoms with van der Waals surface area (Å²) in [6.45, 7) is 0.00778. The highest BCUT2D eigenvalue weighted by molar-refractivity contribution is 7.92. The van der Waals surface area contributed by atoms with Crippen LogP contribution in [0.4, 0.5) is 24.5 Å². The molecule has 0 unspecified atom stereocenters. The molecule has 0 aliphatic rings. The quantitative estimate of drug-likeness (QED) is 0.621. The Bertz CT molecular complexity index is 1010. The molecular weight excluding hydrogens is 445 g/mol. The van der Waals surface area contributed by atoms with E-state index in [0.717, 1.165) is 22.7 Å². The van der Waals surface area contributed by atoms with Crippen molar-refractivity contribution >= 4 is 38.9 Å². The zero-order chi connectivity index (χ0) is 22.5. The molecule has 11 heteroatoms. The van der Waals surface area contributed by atoms with E-state index in [2.05, 4.69) is 5.32 Å². The minimum absolute atomic E-state index is 0.00778. The smallest absolute Gasteiger partial charge is 0.417 e. The van der Waals surface area contributed by atoms with E-state index >= 15 is 0 Å². The molecule has 164 valence electrons. The standard InChI is InChI=1S/C19H20ClF3N2O4S/c1-29-15-6-3-5-14(12-15)25(30(2,27)28)10-4-7-18(26)24-13-8-9-17(20)16(11-13)19(21,22)23/h3,5-6,8-9,11-12H,4,7,10H2,1-2H3,(H,24,26). The van der Waals surface area contributed by atoms with E-state index in [1.54, 1.807) is 24.3 Å². The van der Waals surface area contributed by atoms with Crippen LogP contribution in [-0.2, 0) is 21.0 Å². The summed E-state index contributed by atoms with van der Waals surface area (Å²) in [7, 11) is -2.17. The lowest BCUT2D eigenvalue weighted by Gasteiger charge is -2.22. The first-order chi connectivity index (χ1) is 13.9. The Morgan fingerprint density at radius 2 is 1.90 bits per heavy atom. The largest absolute Gasteiger partial charge is 0.497 e. The van der Waals surface area contributed by atoms with E-state index in [-0.39, 0.29) is 25.1 Å². The van der Waals surface area contributed by atoms with Gasteiger partial charge in [0, 0.05) is 24.7 Å². The van der Waals surface area contributed by atoms with Gasteiger partial charge in [0.15, 0.2) is 0 Å². The number of carbonyl (C=O) groups excluding carboxylic acids is 1. The molecule has 30 heavy (non-hydrogen) atoms. The van der Waals surface area contributed by atoms with Crippen LogP contribution >= 0.6 is 11.6 Å². The highest BCUT2D eigenvalue weighted by Gasteiger charge is 2.33. The van der Waals surface area contributed by atoms with Crippen LogP contribution in [0.5, 0.6) is 5.75 Å². The van der Waals surface area contributed by atoms with Gasteiger partial charge in [-0.1, -0.05) is 17.7 Å². The number of benzene rings is 2. The van der Waals surface area contributed by atoms with Gasteiger partial charge in [-0.2, -0.15) is 13.2 Å². The fourth-order valence-corrected chi connectivity index (χ4v) is 3.86. The fraction of sp³-hybridized carbons (Fsp3) is 0.316. The van der Waals surface area contributed by atoms with Gasteiger partial charge >= 0.3 is 6.18 Å². The minimum atomic E-state index is -4.65.